The van der Waals surface area contributed by atoms with Crippen molar-refractivity contribution in [1.29, 1.82) is 0 Å². The summed E-state index contributed by atoms with van der Waals surface area (Å²) in [5.41, 5.74) is 0.761. The van der Waals surface area contributed by atoms with Crippen LogP contribution in [0, 0.1) is 0 Å². The average Bonchev–Trinajstić information content (AvgIpc) is 2.43. The lowest BCUT2D eigenvalue weighted by Gasteiger charge is -2.19. The molecule has 2 aromatic carbocycles. The van der Waals surface area contributed by atoms with Crippen LogP contribution in [0.4, 0.5) is 0 Å². The van der Waals surface area contributed by atoms with E-state index in [9.17, 15) is 4.79 Å². The fraction of sp³-hybridized carbons (Fsp3) is 0.267. The lowest BCUT2D eigenvalue weighted by molar-refractivity contribution is 0.0775. The Morgan fingerprint density at radius 3 is 2.56 bits per heavy atom. The second-order valence-corrected chi connectivity index (χ2v) is 4.93. The van der Waals surface area contributed by atoms with Gasteiger partial charge in [0.1, 0.15) is 0 Å². The molecule has 0 atom stereocenters. The van der Waals surface area contributed by atoms with Crippen LogP contribution in [-0.2, 0) is 0 Å². The zero-order chi connectivity index (χ0) is 13.0. The van der Waals surface area contributed by atoms with Crippen LogP contribution in [-0.4, -0.2) is 29.2 Å². The van der Waals surface area contributed by atoms with Crippen LogP contribution in [0.25, 0.3) is 10.8 Å². The summed E-state index contributed by atoms with van der Waals surface area (Å²) < 4.78 is 0. The molecule has 0 N–H and O–H groups in total. The van der Waals surface area contributed by atoms with Gasteiger partial charge in [0, 0.05) is 24.0 Å². The maximum absolute atomic E-state index is 12.3. The van der Waals surface area contributed by atoms with Crippen LogP contribution in [0.15, 0.2) is 42.5 Å². The smallest absolute Gasteiger partial charge is 0.253 e. The Labute approximate surface area is 116 Å². The van der Waals surface area contributed by atoms with E-state index in [0.717, 1.165) is 34.8 Å². The molecule has 0 heterocycles. The van der Waals surface area contributed by atoms with Gasteiger partial charge in [0.25, 0.3) is 5.91 Å². The van der Waals surface area contributed by atoms with E-state index in [1.807, 2.05) is 48.2 Å². The van der Waals surface area contributed by atoms with Gasteiger partial charge in [0.05, 0.1) is 0 Å². The van der Waals surface area contributed by atoms with Crippen molar-refractivity contribution in [2.24, 2.45) is 0 Å². The van der Waals surface area contributed by atoms with Crippen molar-refractivity contribution in [1.82, 2.24) is 4.90 Å². The van der Waals surface area contributed by atoms with Crippen molar-refractivity contribution in [2.45, 2.75) is 6.92 Å². The van der Waals surface area contributed by atoms with Crippen LogP contribution in [0.5, 0.6) is 0 Å². The minimum Gasteiger partial charge on any atom is -0.338 e. The Morgan fingerprint density at radius 1 is 1.17 bits per heavy atom. The first-order valence-electron chi connectivity index (χ1n) is 6.10. The molecule has 0 spiro atoms. The van der Waals surface area contributed by atoms with Gasteiger partial charge in [-0.1, -0.05) is 46.3 Å². The summed E-state index contributed by atoms with van der Waals surface area (Å²) in [7, 11) is 0. The average molecular weight is 306 g/mol. The summed E-state index contributed by atoms with van der Waals surface area (Å²) in [5.74, 6) is 0.0997. The molecule has 0 aliphatic rings. The molecule has 0 aromatic heterocycles. The second-order valence-electron chi connectivity index (χ2n) is 4.14. The number of nitrogens with zero attached hydrogens (tertiary/aromatic N) is 1. The molecule has 0 fully saturated rings. The number of hydrogen-bond acceptors (Lipinski definition) is 1. The molecule has 18 heavy (non-hydrogen) atoms. The molecule has 0 saturated heterocycles. The Morgan fingerprint density at radius 2 is 1.89 bits per heavy atom. The number of alkyl halides is 1. The molecule has 0 aliphatic carbocycles. The third kappa shape index (κ3) is 2.72. The number of amides is 1. The van der Waals surface area contributed by atoms with Crippen molar-refractivity contribution in [3.05, 3.63) is 48.0 Å². The van der Waals surface area contributed by atoms with Crippen LogP contribution in [0.1, 0.15) is 17.3 Å². The third-order valence-corrected chi connectivity index (χ3v) is 3.37. The molecular weight excluding hydrogens is 290 g/mol. The monoisotopic (exact) mass is 305 g/mol. The fourth-order valence-corrected chi connectivity index (χ4v) is 2.44. The van der Waals surface area contributed by atoms with Gasteiger partial charge in [-0.25, -0.2) is 0 Å². The van der Waals surface area contributed by atoms with Crippen LogP contribution >= 0.6 is 15.9 Å². The van der Waals surface area contributed by atoms with E-state index >= 15 is 0 Å². The quantitative estimate of drug-likeness (QED) is 0.789. The highest BCUT2D eigenvalue weighted by atomic mass is 79.9. The third-order valence-electron chi connectivity index (χ3n) is 3.02. The summed E-state index contributed by atoms with van der Waals surface area (Å²) in [6, 6.07) is 14.0. The maximum Gasteiger partial charge on any atom is 0.253 e. The summed E-state index contributed by atoms with van der Waals surface area (Å²) in [5, 5.41) is 3.08. The van der Waals surface area contributed by atoms with Crippen molar-refractivity contribution < 1.29 is 4.79 Å². The minimum atomic E-state index is 0.0997. The van der Waals surface area contributed by atoms with E-state index in [2.05, 4.69) is 22.0 Å². The van der Waals surface area contributed by atoms with Crippen molar-refractivity contribution in [3.8, 4) is 0 Å². The highest BCUT2D eigenvalue weighted by Gasteiger charge is 2.13. The Bertz CT molecular complexity index is 553. The zero-order valence-electron chi connectivity index (χ0n) is 10.4. The molecule has 0 saturated carbocycles. The summed E-state index contributed by atoms with van der Waals surface area (Å²) in [6.45, 7) is 3.47. The molecule has 2 nitrogen and oxygen atoms in total. The van der Waals surface area contributed by atoms with E-state index in [-0.39, 0.29) is 5.91 Å². The predicted octanol–water partition coefficient (Wildman–Crippen LogP) is 3.70. The number of rotatable bonds is 4. The topological polar surface area (TPSA) is 20.3 Å². The van der Waals surface area contributed by atoms with Gasteiger partial charge in [-0.05, 0) is 29.8 Å². The fourth-order valence-electron chi connectivity index (χ4n) is 2.01. The second kappa shape index (κ2) is 6.01. The highest BCUT2D eigenvalue weighted by Crippen LogP contribution is 2.16. The van der Waals surface area contributed by atoms with Crippen molar-refractivity contribution >= 4 is 32.6 Å². The number of benzene rings is 2. The molecule has 2 rings (SSSR count). The Balaban J connectivity index is 2.32. The molecule has 1 amide bonds. The number of fused-ring (bicyclic) bond motifs is 1. The zero-order valence-corrected chi connectivity index (χ0v) is 12.0. The highest BCUT2D eigenvalue weighted by molar-refractivity contribution is 9.09. The molecule has 2 aromatic rings. The molecule has 0 bridgehead atoms. The van der Waals surface area contributed by atoms with E-state index in [1.165, 1.54) is 0 Å². The maximum atomic E-state index is 12.3. The number of hydrogen-bond donors (Lipinski definition) is 0. The van der Waals surface area contributed by atoms with Crippen LogP contribution in [0.2, 0.25) is 0 Å². The number of carbonyl (C=O) groups is 1. The van der Waals surface area contributed by atoms with Gasteiger partial charge >= 0.3 is 0 Å². The number of carbonyl (C=O) groups excluding carboxylic acids is 1. The van der Waals surface area contributed by atoms with Crippen molar-refractivity contribution in [2.75, 3.05) is 18.4 Å². The van der Waals surface area contributed by atoms with E-state index in [4.69, 9.17) is 0 Å². The van der Waals surface area contributed by atoms with Gasteiger partial charge in [-0.15, -0.1) is 0 Å². The Hall–Kier alpha value is -1.35. The van der Waals surface area contributed by atoms with E-state index in [0.29, 0.717) is 0 Å². The van der Waals surface area contributed by atoms with Gasteiger partial charge in [-0.2, -0.15) is 0 Å². The van der Waals surface area contributed by atoms with Gasteiger partial charge in [0.15, 0.2) is 0 Å². The first kappa shape index (κ1) is 13.1. The molecule has 3 heteroatoms. The summed E-state index contributed by atoms with van der Waals surface area (Å²) in [6.07, 6.45) is 0. The van der Waals surface area contributed by atoms with E-state index in [1.54, 1.807) is 0 Å². The van der Waals surface area contributed by atoms with E-state index < -0.39 is 0 Å². The molecule has 0 aliphatic heterocycles. The minimum absolute atomic E-state index is 0.0997. The van der Waals surface area contributed by atoms with Crippen LogP contribution in [0.3, 0.4) is 0 Å². The molecule has 0 unspecified atom stereocenters. The SMILES string of the molecule is CCN(CCBr)C(=O)c1ccc2ccccc2c1. The van der Waals surface area contributed by atoms with Gasteiger partial charge < -0.3 is 4.90 Å². The summed E-state index contributed by atoms with van der Waals surface area (Å²) in [4.78, 5) is 14.2. The lowest BCUT2D eigenvalue weighted by atomic mass is 10.1. The molecule has 94 valence electrons. The van der Waals surface area contributed by atoms with Gasteiger partial charge in [-0.3, -0.25) is 4.79 Å². The van der Waals surface area contributed by atoms with Gasteiger partial charge in [0.2, 0.25) is 0 Å². The first-order chi connectivity index (χ1) is 8.76. The molecular formula is C15H16BrNO. The number of halogens is 1. The Kier molecular flexibility index (Phi) is 4.37. The standard InChI is InChI=1S/C15H16BrNO/c1-2-17(10-9-16)15(18)14-8-7-12-5-3-4-6-13(12)11-14/h3-8,11H,2,9-10H2,1H3. The largest absolute Gasteiger partial charge is 0.338 e. The lowest BCUT2D eigenvalue weighted by Crippen LogP contribution is -2.32. The van der Waals surface area contributed by atoms with Crippen molar-refractivity contribution in [3.63, 3.8) is 0 Å². The summed E-state index contributed by atoms with van der Waals surface area (Å²) >= 11 is 3.38. The van der Waals surface area contributed by atoms with Crippen LogP contribution < -0.4 is 0 Å². The molecule has 0 radical (unpaired) electrons. The normalized spacial score (nSPS) is 10.6. The first-order valence-corrected chi connectivity index (χ1v) is 7.22. The predicted molar refractivity (Wildman–Crippen MR) is 79.3 cm³/mol.